The lowest BCUT2D eigenvalue weighted by Crippen LogP contribution is -2.47. The molecule has 1 amide bonds. The first-order chi connectivity index (χ1) is 10.1. The van der Waals surface area contributed by atoms with Crippen molar-refractivity contribution in [1.29, 1.82) is 0 Å². The maximum absolute atomic E-state index is 12.0. The molecule has 0 bridgehead atoms. The molecule has 1 aliphatic rings. The third-order valence-electron chi connectivity index (χ3n) is 3.84. The van der Waals surface area contributed by atoms with Crippen LogP contribution in [-0.4, -0.2) is 32.9 Å². The van der Waals surface area contributed by atoms with Crippen molar-refractivity contribution in [3.63, 3.8) is 0 Å². The third-order valence-corrected chi connectivity index (χ3v) is 3.84. The fraction of sp³-hybridized carbons (Fsp3) is 0.333. The highest BCUT2D eigenvalue weighted by molar-refractivity contribution is 5.92. The summed E-state index contributed by atoms with van der Waals surface area (Å²) >= 11 is 0. The van der Waals surface area contributed by atoms with Gasteiger partial charge in [0.1, 0.15) is 0 Å². The predicted molar refractivity (Wildman–Crippen MR) is 79.1 cm³/mol. The normalized spacial score (nSPS) is 16.2. The maximum Gasteiger partial charge on any atom is 0.271 e. The Morgan fingerprint density at radius 2 is 2.05 bits per heavy atom. The zero-order valence-electron chi connectivity index (χ0n) is 11.6. The van der Waals surface area contributed by atoms with Crippen LogP contribution in [0.3, 0.4) is 0 Å². The van der Waals surface area contributed by atoms with E-state index in [4.69, 9.17) is 5.73 Å². The van der Waals surface area contributed by atoms with Gasteiger partial charge in [-0.15, -0.1) is 0 Å². The summed E-state index contributed by atoms with van der Waals surface area (Å²) in [4.78, 5) is 12.0. The number of hydrogen-bond acceptors (Lipinski definition) is 4. The van der Waals surface area contributed by atoms with Gasteiger partial charge in [-0.3, -0.25) is 4.79 Å². The molecule has 0 atom stereocenters. The van der Waals surface area contributed by atoms with Crippen LogP contribution in [0.4, 0.5) is 5.69 Å². The van der Waals surface area contributed by atoms with Crippen molar-refractivity contribution in [3.8, 4) is 5.69 Å². The van der Waals surface area contributed by atoms with Gasteiger partial charge in [0.05, 0.1) is 11.3 Å². The third kappa shape index (κ3) is 2.90. The highest BCUT2D eigenvalue weighted by Crippen LogP contribution is 2.30. The molecule has 1 aromatic heterocycles. The molecule has 3 rings (SSSR count). The number of carbonyl (C=O) groups is 1. The average Bonchev–Trinajstić information content (AvgIpc) is 2.93. The number of hydrogen-bond donors (Lipinski definition) is 3. The number of nitrogen functional groups attached to an aromatic ring is 1. The van der Waals surface area contributed by atoms with Gasteiger partial charge < -0.3 is 16.2 Å². The Morgan fingerprint density at radius 3 is 2.67 bits per heavy atom. The summed E-state index contributed by atoms with van der Waals surface area (Å²) in [6.45, 7) is 0.278. The smallest absolute Gasteiger partial charge is 0.271 e. The number of rotatable bonds is 4. The zero-order chi connectivity index (χ0) is 14.9. The molecule has 1 fully saturated rings. The second kappa shape index (κ2) is 5.21. The van der Waals surface area contributed by atoms with E-state index in [1.165, 1.54) is 0 Å². The molecule has 21 heavy (non-hydrogen) atoms. The van der Waals surface area contributed by atoms with Gasteiger partial charge in [-0.2, -0.15) is 5.10 Å². The van der Waals surface area contributed by atoms with Crippen LogP contribution in [0, 0.1) is 0 Å². The topological polar surface area (TPSA) is 93.2 Å². The van der Waals surface area contributed by atoms with Crippen LogP contribution >= 0.6 is 0 Å². The summed E-state index contributed by atoms with van der Waals surface area (Å²) in [5.41, 5.74) is 6.75. The van der Waals surface area contributed by atoms with Crippen molar-refractivity contribution in [3.05, 3.63) is 42.2 Å². The molecule has 1 saturated carbocycles. The van der Waals surface area contributed by atoms with E-state index in [9.17, 15) is 9.90 Å². The van der Waals surface area contributed by atoms with Crippen molar-refractivity contribution < 1.29 is 9.90 Å². The van der Waals surface area contributed by atoms with Crippen LogP contribution in [0.15, 0.2) is 36.5 Å². The van der Waals surface area contributed by atoms with Crippen LogP contribution < -0.4 is 11.1 Å². The fourth-order valence-corrected chi connectivity index (χ4v) is 2.31. The lowest BCUT2D eigenvalue weighted by atomic mass is 9.80. The van der Waals surface area contributed by atoms with Gasteiger partial charge in [-0.05, 0) is 49.6 Å². The van der Waals surface area contributed by atoms with E-state index < -0.39 is 5.60 Å². The van der Waals surface area contributed by atoms with Crippen molar-refractivity contribution in [2.75, 3.05) is 12.3 Å². The molecule has 4 N–H and O–H groups in total. The summed E-state index contributed by atoms with van der Waals surface area (Å²) in [7, 11) is 0. The first kappa shape index (κ1) is 13.6. The Balaban J connectivity index is 1.66. The molecule has 110 valence electrons. The van der Waals surface area contributed by atoms with E-state index in [1.54, 1.807) is 29.1 Å². The van der Waals surface area contributed by atoms with Crippen molar-refractivity contribution in [2.24, 2.45) is 0 Å². The Hall–Kier alpha value is -2.34. The first-order valence-corrected chi connectivity index (χ1v) is 6.98. The fourth-order valence-electron chi connectivity index (χ4n) is 2.31. The maximum atomic E-state index is 12.0. The van der Waals surface area contributed by atoms with E-state index in [0.717, 1.165) is 24.9 Å². The van der Waals surface area contributed by atoms with Crippen LogP contribution in [0.2, 0.25) is 0 Å². The van der Waals surface area contributed by atoms with Crippen LogP contribution in [0.5, 0.6) is 0 Å². The van der Waals surface area contributed by atoms with Crippen molar-refractivity contribution in [1.82, 2.24) is 15.1 Å². The molecule has 6 heteroatoms. The monoisotopic (exact) mass is 286 g/mol. The number of aromatic nitrogens is 2. The van der Waals surface area contributed by atoms with E-state index in [0.29, 0.717) is 11.4 Å². The zero-order valence-corrected chi connectivity index (χ0v) is 11.6. The van der Waals surface area contributed by atoms with E-state index >= 15 is 0 Å². The van der Waals surface area contributed by atoms with Crippen molar-refractivity contribution >= 4 is 11.6 Å². The van der Waals surface area contributed by atoms with E-state index in [1.807, 2.05) is 12.1 Å². The molecular weight excluding hydrogens is 268 g/mol. The average molecular weight is 286 g/mol. The summed E-state index contributed by atoms with van der Waals surface area (Å²) < 4.78 is 1.62. The second-order valence-corrected chi connectivity index (χ2v) is 5.50. The highest BCUT2D eigenvalue weighted by atomic mass is 16.3. The minimum atomic E-state index is -0.727. The predicted octanol–water partition coefficient (Wildman–Crippen LogP) is 1.10. The Bertz CT molecular complexity index is 644. The largest absolute Gasteiger partial charge is 0.399 e. The minimum Gasteiger partial charge on any atom is -0.399 e. The minimum absolute atomic E-state index is 0.274. The summed E-state index contributed by atoms with van der Waals surface area (Å²) in [6, 6.07) is 8.88. The molecular formula is C15H18N4O2. The number of nitrogens with two attached hydrogens (primary N) is 1. The number of anilines is 1. The second-order valence-electron chi connectivity index (χ2n) is 5.50. The molecule has 0 unspecified atom stereocenters. The number of amides is 1. The summed E-state index contributed by atoms with van der Waals surface area (Å²) in [6.07, 6.45) is 4.22. The molecule has 2 aromatic rings. The van der Waals surface area contributed by atoms with Crippen LogP contribution in [-0.2, 0) is 0 Å². The standard InChI is InChI=1S/C15H18N4O2/c16-11-2-4-12(5-3-11)19-9-6-13(18-19)14(20)17-10-15(21)7-1-8-15/h2-6,9,21H,1,7-8,10,16H2,(H,17,20). The van der Waals surface area contributed by atoms with Gasteiger partial charge in [-0.25, -0.2) is 4.68 Å². The van der Waals surface area contributed by atoms with Gasteiger partial charge >= 0.3 is 0 Å². The Kier molecular flexibility index (Phi) is 3.39. The molecule has 1 aliphatic carbocycles. The van der Waals surface area contributed by atoms with E-state index in [-0.39, 0.29) is 12.5 Å². The van der Waals surface area contributed by atoms with Gasteiger partial charge in [-0.1, -0.05) is 0 Å². The number of carbonyl (C=O) groups excluding carboxylic acids is 1. The van der Waals surface area contributed by atoms with Crippen LogP contribution in [0.25, 0.3) is 5.69 Å². The van der Waals surface area contributed by atoms with E-state index in [2.05, 4.69) is 10.4 Å². The summed E-state index contributed by atoms with van der Waals surface area (Å²) in [5.74, 6) is -0.274. The molecule has 0 radical (unpaired) electrons. The van der Waals surface area contributed by atoms with Crippen molar-refractivity contribution in [2.45, 2.75) is 24.9 Å². The van der Waals surface area contributed by atoms with Crippen LogP contribution in [0.1, 0.15) is 29.8 Å². The number of aliphatic hydroxyl groups is 1. The quantitative estimate of drug-likeness (QED) is 0.734. The van der Waals surface area contributed by atoms with Gasteiger partial charge in [0.25, 0.3) is 5.91 Å². The molecule has 0 aliphatic heterocycles. The Labute approximate surface area is 122 Å². The lowest BCUT2D eigenvalue weighted by molar-refractivity contribution is -0.0300. The van der Waals surface area contributed by atoms with Gasteiger partial charge in [0.2, 0.25) is 0 Å². The highest BCUT2D eigenvalue weighted by Gasteiger charge is 2.34. The lowest BCUT2D eigenvalue weighted by Gasteiger charge is -2.36. The summed E-state index contributed by atoms with van der Waals surface area (Å²) in [5, 5.41) is 16.9. The first-order valence-electron chi connectivity index (χ1n) is 6.98. The Morgan fingerprint density at radius 1 is 1.33 bits per heavy atom. The molecule has 1 heterocycles. The van der Waals surface area contributed by atoms with Gasteiger partial charge in [0.15, 0.2) is 5.69 Å². The molecule has 0 spiro atoms. The number of nitrogens with one attached hydrogen (secondary N) is 1. The number of benzene rings is 1. The molecule has 6 nitrogen and oxygen atoms in total. The molecule has 1 aromatic carbocycles. The van der Waals surface area contributed by atoms with Gasteiger partial charge in [0, 0.05) is 18.4 Å². The molecule has 0 saturated heterocycles. The SMILES string of the molecule is Nc1ccc(-n2ccc(C(=O)NCC3(O)CCC3)n2)cc1. The number of nitrogens with zero attached hydrogens (tertiary/aromatic N) is 2.